The lowest BCUT2D eigenvalue weighted by atomic mass is 10.2. The predicted molar refractivity (Wildman–Crippen MR) is 90.2 cm³/mol. The maximum Gasteiger partial charge on any atom is 0.227 e. The van der Waals surface area contributed by atoms with E-state index in [-0.39, 0.29) is 11.7 Å². The van der Waals surface area contributed by atoms with Gasteiger partial charge in [-0.3, -0.25) is 4.79 Å². The Morgan fingerprint density at radius 1 is 1.23 bits per heavy atom. The van der Waals surface area contributed by atoms with Crippen LogP contribution in [0, 0.1) is 0 Å². The molecule has 22 heavy (non-hydrogen) atoms. The molecule has 0 aliphatic rings. The van der Waals surface area contributed by atoms with Crippen molar-refractivity contribution in [2.75, 3.05) is 5.75 Å². The molecule has 0 saturated heterocycles. The third kappa shape index (κ3) is 3.26. The number of nitrogens with two attached hydrogens (primary N) is 1. The molecule has 0 bridgehead atoms. The van der Waals surface area contributed by atoms with Gasteiger partial charge in [0.05, 0.1) is 23.3 Å². The summed E-state index contributed by atoms with van der Waals surface area (Å²) in [7, 11) is 0. The van der Waals surface area contributed by atoms with Crippen molar-refractivity contribution < 1.29 is 4.79 Å². The monoisotopic (exact) mass is 331 g/mol. The van der Waals surface area contributed by atoms with E-state index in [0.717, 1.165) is 21.8 Å². The average Bonchev–Trinajstić information content (AvgIpc) is 2.83. The minimum Gasteiger partial charge on any atom is -0.369 e. The number of fused-ring (bicyclic) bond motifs is 1. The van der Waals surface area contributed by atoms with Crippen molar-refractivity contribution >= 4 is 40.3 Å². The zero-order valence-corrected chi connectivity index (χ0v) is 13.3. The summed E-state index contributed by atoms with van der Waals surface area (Å²) in [6.45, 7) is 0.681. The Morgan fingerprint density at radius 3 is 2.73 bits per heavy atom. The van der Waals surface area contributed by atoms with Crippen LogP contribution >= 0.6 is 23.4 Å². The summed E-state index contributed by atoms with van der Waals surface area (Å²) in [6, 6.07) is 15.7. The van der Waals surface area contributed by atoms with E-state index in [1.54, 1.807) is 0 Å². The molecule has 1 heterocycles. The highest BCUT2D eigenvalue weighted by Crippen LogP contribution is 2.27. The van der Waals surface area contributed by atoms with Gasteiger partial charge in [-0.2, -0.15) is 0 Å². The lowest BCUT2D eigenvalue weighted by Gasteiger charge is -2.08. The van der Waals surface area contributed by atoms with Crippen molar-refractivity contribution in [3.8, 4) is 0 Å². The minimum absolute atomic E-state index is 0.200. The first-order chi connectivity index (χ1) is 10.6. The maximum absolute atomic E-state index is 11.1. The van der Waals surface area contributed by atoms with Crippen LogP contribution in [0.3, 0.4) is 0 Å². The fourth-order valence-corrected chi connectivity index (χ4v) is 3.16. The number of amides is 1. The molecule has 6 heteroatoms. The highest BCUT2D eigenvalue weighted by Gasteiger charge is 2.13. The molecule has 4 nitrogen and oxygen atoms in total. The SMILES string of the molecule is NC(=O)CSc1nc2cc(Cl)ccc2n1Cc1ccccc1. The maximum atomic E-state index is 11.1. The van der Waals surface area contributed by atoms with Crippen LogP contribution in [-0.2, 0) is 11.3 Å². The Labute approximate surface area is 137 Å². The third-order valence-electron chi connectivity index (χ3n) is 3.20. The van der Waals surface area contributed by atoms with Crippen LogP contribution in [0.2, 0.25) is 5.02 Å². The van der Waals surface area contributed by atoms with Gasteiger partial charge in [-0.15, -0.1) is 0 Å². The summed E-state index contributed by atoms with van der Waals surface area (Å²) in [5, 5.41) is 1.41. The van der Waals surface area contributed by atoms with Crippen molar-refractivity contribution in [1.82, 2.24) is 9.55 Å². The lowest BCUT2D eigenvalue weighted by molar-refractivity contribution is -0.115. The van der Waals surface area contributed by atoms with E-state index in [1.165, 1.54) is 11.8 Å². The van der Waals surface area contributed by atoms with Gasteiger partial charge in [-0.05, 0) is 23.8 Å². The fourth-order valence-electron chi connectivity index (χ4n) is 2.25. The van der Waals surface area contributed by atoms with Gasteiger partial charge in [0, 0.05) is 5.02 Å². The molecule has 112 valence electrons. The van der Waals surface area contributed by atoms with Crippen molar-refractivity contribution in [2.24, 2.45) is 5.73 Å². The Morgan fingerprint density at radius 2 is 2.00 bits per heavy atom. The summed E-state index contributed by atoms with van der Waals surface area (Å²) in [4.78, 5) is 15.6. The van der Waals surface area contributed by atoms with Crippen molar-refractivity contribution in [2.45, 2.75) is 11.7 Å². The second-order valence-electron chi connectivity index (χ2n) is 4.85. The molecule has 1 aromatic heterocycles. The molecule has 0 atom stereocenters. The number of nitrogens with zero attached hydrogens (tertiary/aromatic N) is 2. The average molecular weight is 332 g/mol. The molecule has 1 amide bonds. The van der Waals surface area contributed by atoms with Crippen LogP contribution in [0.15, 0.2) is 53.7 Å². The van der Waals surface area contributed by atoms with E-state index < -0.39 is 0 Å². The van der Waals surface area contributed by atoms with Crippen LogP contribution < -0.4 is 5.73 Å². The summed E-state index contributed by atoms with van der Waals surface area (Å²) >= 11 is 7.38. The van der Waals surface area contributed by atoms with Crippen molar-refractivity contribution in [3.63, 3.8) is 0 Å². The second kappa shape index (κ2) is 6.42. The first-order valence-electron chi connectivity index (χ1n) is 6.74. The quantitative estimate of drug-likeness (QED) is 0.729. The molecule has 0 spiro atoms. The van der Waals surface area contributed by atoms with E-state index in [0.29, 0.717) is 11.6 Å². The Balaban J connectivity index is 2.03. The number of halogens is 1. The number of aromatic nitrogens is 2. The largest absolute Gasteiger partial charge is 0.369 e. The van der Waals surface area contributed by atoms with Gasteiger partial charge >= 0.3 is 0 Å². The Kier molecular flexibility index (Phi) is 4.36. The number of primary amides is 1. The van der Waals surface area contributed by atoms with E-state index in [9.17, 15) is 4.79 Å². The first-order valence-corrected chi connectivity index (χ1v) is 8.10. The summed E-state index contributed by atoms with van der Waals surface area (Å²) in [6.07, 6.45) is 0. The molecule has 0 radical (unpaired) electrons. The van der Waals surface area contributed by atoms with Gasteiger partial charge in [0.1, 0.15) is 0 Å². The fraction of sp³-hybridized carbons (Fsp3) is 0.125. The van der Waals surface area contributed by atoms with E-state index in [1.807, 2.05) is 36.4 Å². The van der Waals surface area contributed by atoms with Gasteiger partial charge in [-0.25, -0.2) is 4.98 Å². The molecule has 0 unspecified atom stereocenters. The lowest BCUT2D eigenvalue weighted by Crippen LogP contribution is -2.14. The number of benzene rings is 2. The van der Waals surface area contributed by atoms with Crippen LogP contribution in [0.4, 0.5) is 0 Å². The molecule has 0 fully saturated rings. The number of rotatable bonds is 5. The molecular weight excluding hydrogens is 318 g/mol. The van der Waals surface area contributed by atoms with Gasteiger partial charge in [0.15, 0.2) is 5.16 Å². The summed E-state index contributed by atoms with van der Waals surface area (Å²) in [5.74, 6) is -0.160. The molecule has 0 aliphatic heterocycles. The second-order valence-corrected chi connectivity index (χ2v) is 6.23. The number of thioether (sulfide) groups is 1. The van der Waals surface area contributed by atoms with E-state index >= 15 is 0 Å². The molecule has 2 aromatic carbocycles. The standard InChI is InChI=1S/C16H14ClN3OS/c17-12-6-7-14-13(8-12)19-16(22-10-15(18)21)20(14)9-11-4-2-1-3-5-11/h1-8H,9-10H2,(H2,18,21). The van der Waals surface area contributed by atoms with Crippen LogP contribution in [-0.4, -0.2) is 21.2 Å². The van der Waals surface area contributed by atoms with Gasteiger partial charge < -0.3 is 10.3 Å². The van der Waals surface area contributed by atoms with Gasteiger partial charge in [-0.1, -0.05) is 53.7 Å². The first kappa shape index (κ1) is 14.9. The molecular formula is C16H14ClN3OS. The van der Waals surface area contributed by atoms with Crippen LogP contribution in [0.25, 0.3) is 11.0 Å². The number of imidazole rings is 1. The number of hydrogen-bond donors (Lipinski definition) is 1. The van der Waals surface area contributed by atoms with E-state index in [2.05, 4.69) is 21.7 Å². The zero-order chi connectivity index (χ0) is 15.5. The third-order valence-corrected chi connectivity index (χ3v) is 4.44. The van der Waals surface area contributed by atoms with E-state index in [4.69, 9.17) is 17.3 Å². The van der Waals surface area contributed by atoms with Gasteiger partial charge in [0.25, 0.3) is 0 Å². The number of hydrogen-bond acceptors (Lipinski definition) is 3. The summed E-state index contributed by atoms with van der Waals surface area (Å²) in [5.41, 5.74) is 8.21. The molecule has 3 rings (SSSR count). The molecule has 0 aliphatic carbocycles. The van der Waals surface area contributed by atoms with Crippen LogP contribution in [0.5, 0.6) is 0 Å². The zero-order valence-electron chi connectivity index (χ0n) is 11.7. The van der Waals surface area contributed by atoms with Gasteiger partial charge in [0.2, 0.25) is 5.91 Å². The highest BCUT2D eigenvalue weighted by atomic mass is 35.5. The highest BCUT2D eigenvalue weighted by molar-refractivity contribution is 7.99. The molecule has 3 aromatic rings. The minimum atomic E-state index is -0.360. The smallest absolute Gasteiger partial charge is 0.227 e. The predicted octanol–water partition coefficient (Wildman–Crippen LogP) is 3.32. The normalized spacial score (nSPS) is 11.0. The van der Waals surface area contributed by atoms with Crippen molar-refractivity contribution in [1.29, 1.82) is 0 Å². The van der Waals surface area contributed by atoms with Crippen molar-refractivity contribution in [3.05, 3.63) is 59.1 Å². The molecule has 2 N–H and O–H groups in total. The number of carbonyl (C=O) groups is 1. The topological polar surface area (TPSA) is 60.9 Å². The number of carbonyl (C=O) groups excluding carboxylic acids is 1. The molecule has 0 saturated carbocycles. The Hall–Kier alpha value is -1.98. The summed E-state index contributed by atoms with van der Waals surface area (Å²) < 4.78 is 2.08. The Bertz CT molecular complexity index is 817. The van der Waals surface area contributed by atoms with Crippen LogP contribution in [0.1, 0.15) is 5.56 Å².